The Bertz CT molecular complexity index is 879. The third kappa shape index (κ3) is 16.4. The van der Waals surface area contributed by atoms with E-state index in [1.54, 1.807) is 0 Å². The molecule has 39 heavy (non-hydrogen) atoms. The van der Waals surface area contributed by atoms with E-state index in [9.17, 15) is 19.5 Å². The lowest BCUT2D eigenvalue weighted by molar-refractivity contribution is -0.130. The zero-order valence-corrected chi connectivity index (χ0v) is 23.4. The zero-order chi connectivity index (χ0) is 29.0. The summed E-state index contributed by atoms with van der Waals surface area (Å²) in [5.41, 5.74) is 12.9. The first kappa shape index (κ1) is 33.8. The SMILES string of the molecule is CC(C)C[C@H](N)C(=O)NCCCNCCCCNC(=O)[C@H](CO)NC(=O)CCCc1ccc(NC(=N)N)cc1. The number of carbonyl (C=O) groups is 3. The van der Waals surface area contributed by atoms with Gasteiger partial charge in [0.2, 0.25) is 17.7 Å². The van der Waals surface area contributed by atoms with E-state index in [2.05, 4.69) is 26.6 Å². The maximum absolute atomic E-state index is 12.3. The van der Waals surface area contributed by atoms with Crippen LogP contribution < -0.4 is 38.1 Å². The molecule has 3 amide bonds. The van der Waals surface area contributed by atoms with Crippen LogP contribution in [0.2, 0.25) is 0 Å². The number of unbranched alkanes of at least 4 members (excludes halogenated alkanes) is 1. The number of aliphatic hydroxyl groups excluding tert-OH is 1. The largest absolute Gasteiger partial charge is 0.394 e. The Labute approximate surface area is 231 Å². The summed E-state index contributed by atoms with van der Waals surface area (Å²) < 4.78 is 0. The fourth-order valence-corrected chi connectivity index (χ4v) is 3.83. The molecular weight excluding hydrogens is 500 g/mol. The van der Waals surface area contributed by atoms with Crippen LogP contribution in [0.4, 0.5) is 5.69 Å². The normalized spacial score (nSPS) is 12.4. The van der Waals surface area contributed by atoms with Crippen LogP contribution in [0.1, 0.15) is 57.9 Å². The van der Waals surface area contributed by atoms with E-state index in [1.165, 1.54) is 0 Å². The molecule has 12 nitrogen and oxygen atoms in total. The van der Waals surface area contributed by atoms with Gasteiger partial charge in [-0.25, -0.2) is 0 Å². The Morgan fingerprint density at radius 3 is 2.18 bits per heavy atom. The lowest BCUT2D eigenvalue weighted by Crippen LogP contribution is -2.49. The van der Waals surface area contributed by atoms with Gasteiger partial charge in [-0.05, 0) is 75.2 Å². The highest BCUT2D eigenvalue weighted by Gasteiger charge is 2.19. The van der Waals surface area contributed by atoms with Crippen molar-refractivity contribution < 1.29 is 19.5 Å². The summed E-state index contributed by atoms with van der Waals surface area (Å²) in [6, 6.07) is 5.98. The lowest BCUT2D eigenvalue weighted by Gasteiger charge is -2.16. The van der Waals surface area contributed by atoms with Gasteiger partial charge in [0.15, 0.2) is 5.96 Å². The number of hydrogen-bond donors (Lipinski definition) is 9. The molecule has 0 saturated carbocycles. The molecule has 12 heteroatoms. The number of rotatable bonds is 20. The predicted molar refractivity (Wildman–Crippen MR) is 154 cm³/mol. The molecule has 0 unspecified atom stereocenters. The van der Waals surface area contributed by atoms with Crippen LogP contribution in [0, 0.1) is 11.3 Å². The van der Waals surface area contributed by atoms with Gasteiger partial charge >= 0.3 is 0 Å². The highest BCUT2D eigenvalue weighted by atomic mass is 16.3. The summed E-state index contributed by atoms with van der Waals surface area (Å²) in [4.78, 5) is 36.4. The average molecular weight is 549 g/mol. The number of anilines is 1. The van der Waals surface area contributed by atoms with Crippen LogP contribution in [-0.4, -0.2) is 73.7 Å². The van der Waals surface area contributed by atoms with Crippen LogP contribution in [0.3, 0.4) is 0 Å². The first-order valence-electron chi connectivity index (χ1n) is 13.7. The molecule has 0 aliphatic heterocycles. The molecule has 220 valence electrons. The fraction of sp³-hybridized carbons (Fsp3) is 0.630. The van der Waals surface area contributed by atoms with Crippen LogP contribution in [-0.2, 0) is 20.8 Å². The third-order valence-electron chi connectivity index (χ3n) is 5.91. The smallest absolute Gasteiger partial charge is 0.244 e. The molecular formula is C27H48N8O4. The second-order valence-corrected chi connectivity index (χ2v) is 10.0. The van der Waals surface area contributed by atoms with Crippen LogP contribution in [0.25, 0.3) is 0 Å². The molecule has 0 aliphatic rings. The molecule has 0 bridgehead atoms. The van der Waals surface area contributed by atoms with Crippen LogP contribution in [0.15, 0.2) is 24.3 Å². The molecule has 0 saturated heterocycles. The highest BCUT2D eigenvalue weighted by Crippen LogP contribution is 2.11. The van der Waals surface area contributed by atoms with E-state index in [-0.39, 0.29) is 24.2 Å². The predicted octanol–water partition coefficient (Wildman–Crippen LogP) is 0.157. The topological polar surface area (TPSA) is 207 Å². The molecule has 0 aromatic heterocycles. The number of benzene rings is 1. The van der Waals surface area contributed by atoms with Gasteiger partial charge in [-0.3, -0.25) is 19.8 Å². The van der Waals surface area contributed by atoms with Gasteiger partial charge in [-0.15, -0.1) is 0 Å². The quantitative estimate of drug-likeness (QED) is 0.0621. The number of amides is 3. The Morgan fingerprint density at radius 2 is 1.54 bits per heavy atom. The van der Waals surface area contributed by atoms with Gasteiger partial charge in [-0.1, -0.05) is 26.0 Å². The monoisotopic (exact) mass is 548 g/mol. The summed E-state index contributed by atoms with van der Waals surface area (Å²) in [5.74, 6) is -0.550. The van der Waals surface area contributed by atoms with Crippen LogP contribution in [0.5, 0.6) is 0 Å². The van der Waals surface area contributed by atoms with Crippen molar-refractivity contribution in [2.24, 2.45) is 17.4 Å². The molecule has 11 N–H and O–H groups in total. The standard InChI is InChI=1S/C27H48N8O4/c1-19(2)17-22(28)25(38)32-16-6-14-31-13-3-4-15-33-26(39)23(18-36)35-24(37)8-5-7-20-9-11-21(12-10-20)34-27(29)30/h9-12,19,22-23,31,36H,3-8,13-18,28H2,1-2H3,(H,32,38)(H,33,39)(H,35,37)(H4,29,30,34)/t22-,23-/m0/s1. The van der Waals surface area contributed by atoms with Gasteiger partial charge in [0, 0.05) is 25.2 Å². The summed E-state index contributed by atoms with van der Waals surface area (Å²) in [6.07, 6.45) is 4.59. The first-order chi connectivity index (χ1) is 18.6. The van der Waals surface area contributed by atoms with Crippen molar-refractivity contribution in [3.63, 3.8) is 0 Å². The van der Waals surface area contributed by atoms with Crippen LogP contribution >= 0.6 is 0 Å². The Morgan fingerprint density at radius 1 is 0.923 bits per heavy atom. The van der Waals surface area contributed by atoms with Crippen molar-refractivity contribution in [2.75, 3.05) is 38.1 Å². The first-order valence-corrected chi connectivity index (χ1v) is 13.7. The average Bonchev–Trinajstić information content (AvgIpc) is 2.88. The Kier molecular flexibility index (Phi) is 17.2. The van der Waals surface area contributed by atoms with Gasteiger partial charge in [0.05, 0.1) is 12.6 Å². The molecule has 1 rings (SSSR count). The van der Waals surface area contributed by atoms with Crippen molar-refractivity contribution in [3.05, 3.63) is 29.8 Å². The van der Waals surface area contributed by atoms with E-state index in [4.69, 9.17) is 16.9 Å². The molecule has 1 aromatic rings. The molecule has 0 radical (unpaired) electrons. The second kappa shape index (κ2) is 19.8. The van der Waals surface area contributed by atoms with Gasteiger partial charge in [-0.2, -0.15) is 0 Å². The number of nitrogens with two attached hydrogens (primary N) is 2. The number of hydrogen-bond acceptors (Lipinski definition) is 7. The minimum Gasteiger partial charge on any atom is -0.394 e. The minimum atomic E-state index is -0.976. The fourth-order valence-electron chi connectivity index (χ4n) is 3.83. The maximum atomic E-state index is 12.3. The minimum absolute atomic E-state index is 0.108. The van der Waals surface area contributed by atoms with E-state index in [1.807, 2.05) is 38.1 Å². The molecule has 0 aliphatic carbocycles. The van der Waals surface area contributed by atoms with Crippen molar-refractivity contribution in [2.45, 2.75) is 70.9 Å². The summed E-state index contributed by atoms with van der Waals surface area (Å²) in [6.45, 7) is 6.19. The van der Waals surface area contributed by atoms with Crippen molar-refractivity contribution >= 4 is 29.4 Å². The summed E-state index contributed by atoms with van der Waals surface area (Å²) in [7, 11) is 0. The summed E-state index contributed by atoms with van der Waals surface area (Å²) in [5, 5.41) is 31.0. The van der Waals surface area contributed by atoms with Crippen molar-refractivity contribution in [3.8, 4) is 0 Å². The van der Waals surface area contributed by atoms with E-state index < -0.39 is 24.6 Å². The number of carbonyl (C=O) groups excluding carboxylic acids is 3. The van der Waals surface area contributed by atoms with Crippen molar-refractivity contribution in [1.82, 2.24) is 21.3 Å². The number of aryl methyl sites for hydroxylation is 1. The van der Waals surface area contributed by atoms with E-state index >= 15 is 0 Å². The number of nitrogens with one attached hydrogen (secondary N) is 6. The molecule has 0 fully saturated rings. The van der Waals surface area contributed by atoms with Gasteiger partial charge in [0.1, 0.15) is 6.04 Å². The molecule has 0 heterocycles. The zero-order valence-electron chi connectivity index (χ0n) is 23.4. The van der Waals surface area contributed by atoms with Gasteiger partial charge < -0.3 is 43.2 Å². The lowest BCUT2D eigenvalue weighted by atomic mass is 10.0. The number of aliphatic hydroxyl groups is 1. The van der Waals surface area contributed by atoms with E-state index in [0.717, 1.165) is 43.6 Å². The molecule has 1 aromatic carbocycles. The van der Waals surface area contributed by atoms with Crippen molar-refractivity contribution in [1.29, 1.82) is 5.41 Å². The third-order valence-corrected chi connectivity index (χ3v) is 5.91. The Balaban J connectivity index is 2.10. The van der Waals surface area contributed by atoms with E-state index in [0.29, 0.717) is 38.3 Å². The summed E-state index contributed by atoms with van der Waals surface area (Å²) >= 11 is 0. The Hall–Kier alpha value is -3.22. The number of guanidine groups is 1. The highest BCUT2D eigenvalue weighted by molar-refractivity contribution is 5.89. The van der Waals surface area contributed by atoms with Gasteiger partial charge in [0.25, 0.3) is 0 Å². The molecule has 2 atom stereocenters. The second-order valence-electron chi connectivity index (χ2n) is 10.0. The maximum Gasteiger partial charge on any atom is 0.244 e. The molecule has 0 spiro atoms.